The van der Waals surface area contributed by atoms with Crippen molar-refractivity contribution in [3.05, 3.63) is 66.9 Å². The Bertz CT molecular complexity index is 1080. The molecule has 0 N–H and O–H groups in total. The van der Waals surface area contributed by atoms with Gasteiger partial charge in [0.25, 0.3) is 0 Å². The second kappa shape index (κ2) is 7.03. The fraction of sp³-hybridized carbons (Fsp3) is 0.273. The zero-order valence-electron chi connectivity index (χ0n) is 15.9. The van der Waals surface area contributed by atoms with E-state index in [1.54, 1.807) is 12.4 Å². The molecule has 0 spiro atoms. The minimum atomic E-state index is 0.432. The number of rotatable bonds is 3. The van der Waals surface area contributed by atoms with E-state index in [4.69, 9.17) is 4.98 Å². The minimum absolute atomic E-state index is 0.432. The number of imidazole rings is 1. The lowest BCUT2D eigenvalue weighted by molar-refractivity contribution is 0.491. The molecule has 6 nitrogen and oxygen atoms in total. The number of piperidine rings is 1. The number of aromatic nitrogens is 5. The van der Waals surface area contributed by atoms with E-state index in [1.165, 1.54) is 0 Å². The Hall–Kier alpha value is -3.28. The van der Waals surface area contributed by atoms with Gasteiger partial charge in [0.05, 0.1) is 17.5 Å². The van der Waals surface area contributed by atoms with Gasteiger partial charge in [0.1, 0.15) is 5.52 Å². The van der Waals surface area contributed by atoms with E-state index in [9.17, 15) is 0 Å². The smallest absolute Gasteiger partial charge is 0.225 e. The Morgan fingerprint density at radius 1 is 0.929 bits per heavy atom. The van der Waals surface area contributed by atoms with E-state index in [0.29, 0.717) is 5.92 Å². The molecule has 0 unspecified atom stereocenters. The van der Waals surface area contributed by atoms with Crippen LogP contribution in [-0.4, -0.2) is 37.6 Å². The summed E-state index contributed by atoms with van der Waals surface area (Å²) >= 11 is 0. The van der Waals surface area contributed by atoms with Crippen LogP contribution in [0.3, 0.4) is 0 Å². The van der Waals surface area contributed by atoms with E-state index >= 15 is 0 Å². The molecule has 0 saturated carbocycles. The summed E-state index contributed by atoms with van der Waals surface area (Å²) in [6, 6.07) is 14.4. The molecule has 1 aliphatic rings. The number of fused-ring (bicyclic) bond motifs is 1. The maximum Gasteiger partial charge on any atom is 0.225 e. The number of hydrogen-bond donors (Lipinski definition) is 0. The lowest BCUT2D eigenvalue weighted by Crippen LogP contribution is -2.34. The van der Waals surface area contributed by atoms with E-state index < -0.39 is 0 Å². The average Bonchev–Trinajstić information content (AvgIpc) is 3.15. The van der Waals surface area contributed by atoms with Crippen molar-refractivity contribution in [2.45, 2.75) is 18.8 Å². The molecule has 1 aromatic carbocycles. The van der Waals surface area contributed by atoms with Crippen molar-refractivity contribution in [1.29, 1.82) is 0 Å². The predicted molar refractivity (Wildman–Crippen MR) is 110 cm³/mol. The summed E-state index contributed by atoms with van der Waals surface area (Å²) < 4.78 is 2.08. The largest absolute Gasteiger partial charge is 0.341 e. The Balaban J connectivity index is 1.48. The van der Waals surface area contributed by atoms with Gasteiger partial charge in [-0.2, -0.15) is 0 Å². The highest BCUT2D eigenvalue weighted by molar-refractivity contribution is 5.90. The summed E-state index contributed by atoms with van der Waals surface area (Å²) in [7, 11) is 2.04. The number of benzene rings is 1. The van der Waals surface area contributed by atoms with Crippen LogP contribution in [0.15, 0.2) is 61.2 Å². The molecule has 5 rings (SSSR count). The summed E-state index contributed by atoms with van der Waals surface area (Å²) in [5.41, 5.74) is 5.35. The third-order valence-corrected chi connectivity index (χ3v) is 5.53. The molecule has 140 valence electrons. The molecule has 0 atom stereocenters. The van der Waals surface area contributed by atoms with E-state index in [2.05, 4.69) is 54.8 Å². The maximum atomic E-state index is 5.08. The summed E-state index contributed by atoms with van der Waals surface area (Å²) in [4.78, 5) is 20.7. The first-order chi connectivity index (χ1) is 13.8. The number of pyridine rings is 1. The molecule has 3 aromatic heterocycles. The van der Waals surface area contributed by atoms with E-state index in [-0.39, 0.29) is 0 Å². The van der Waals surface area contributed by atoms with Gasteiger partial charge in [0, 0.05) is 49.7 Å². The van der Waals surface area contributed by atoms with Crippen LogP contribution >= 0.6 is 0 Å². The van der Waals surface area contributed by atoms with Crippen molar-refractivity contribution in [1.82, 2.24) is 24.5 Å². The molecule has 0 bridgehead atoms. The zero-order valence-corrected chi connectivity index (χ0v) is 15.9. The second-order valence-electron chi connectivity index (χ2n) is 7.30. The SMILES string of the molecule is Cn1cnc2c(-c3ccccc3)nc(C3CCN(c4ncccn4)CC3)cc21. The Morgan fingerprint density at radius 3 is 2.43 bits per heavy atom. The lowest BCUT2D eigenvalue weighted by Gasteiger charge is -2.31. The molecule has 0 radical (unpaired) electrons. The average molecular weight is 370 g/mol. The van der Waals surface area contributed by atoms with Gasteiger partial charge in [0.2, 0.25) is 5.95 Å². The van der Waals surface area contributed by atoms with E-state index in [0.717, 1.165) is 59.9 Å². The summed E-state index contributed by atoms with van der Waals surface area (Å²) in [6.45, 7) is 1.89. The van der Waals surface area contributed by atoms with Crippen molar-refractivity contribution in [2.24, 2.45) is 7.05 Å². The van der Waals surface area contributed by atoms with Gasteiger partial charge in [-0.3, -0.25) is 4.98 Å². The Morgan fingerprint density at radius 2 is 1.68 bits per heavy atom. The summed E-state index contributed by atoms with van der Waals surface area (Å²) in [5, 5.41) is 0. The van der Waals surface area contributed by atoms with Crippen molar-refractivity contribution in [2.75, 3.05) is 18.0 Å². The van der Waals surface area contributed by atoms with Crippen LogP contribution < -0.4 is 4.90 Å². The molecule has 6 heteroatoms. The Labute approximate surface area is 163 Å². The standard InChI is InChI=1S/C22H22N6/c1-27-15-25-21-19(27)14-18(26-20(21)17-6-3-2-4-7-17)16-8-12-28(13-9-16)22-23-10-5-11-24-22/h2-7,10-11,14-16H,8-9,12-13H2,1H3. The second-order valence-corrected chi connectivity index (χ2v) is 7.30. The highest BCUT2D eigenvalue weighted by Gasteiger charge is 2.24. The fourth-order valence-electron chi connectivity index (χ4n) is 3.98. The molecule has 4 heterocycles. The number of aryl methyl sites for hydroxylation is 1. The first-order valence-corrected chi connectivity index (χ1v) is 9.69. The van der Waals surface area contributed by atoms with Crippen molar-refractivity contribution < 1.29 is 0 Å². The van der Waals surface area contributed by atoms with Crippen molar-refractivity contribution in [3.63, 3.8) is 0 Å². The molecule has 1 saturated heterocycles. The van der Waals surface area contributed by atoms with Crippen LogP contribution in [-0.2, 0) is 7.05 Å². The van der Waals surface area contributed by atoms with Crippen LogP contribution in [0.1, 0.15) is 24.5 Å². The van der Waals surface area contributed by atoms with Crippen LogP contribution in [0.2, 0.25) is 0 Å². The topological polar surface area (TPSA) is 59.7 Å². The molecular weight excluding hydrogens is 348 g/mol. The van der Waals surface area contributed by atoms with Crippen LogP contribution in [0, 0.1) is 0 Å². The van der Waals surface area contributed by atoms with E-state index in [1.807, 2.05) is 25.5 Å². The van der Waals surface area contributed by atoms with Crippen LogP contribution in [0.4, 0.5) is 5.95 Å². The Kier molecular flexibility index (Phi) is 4.24. The van der Waals surface area contributed by atoms with Crippen LogP contribution in [0.25, 0.3) is 22.3 Å². The molecule has 0 aliphatic carbocycles. The van der Waals surface area contributed by atoms with Crippen molar-refractivity contribution in [3.8, 4) is 11.3 Å². The van der Waals surface area contributed by atoms with Gasteiger partial charge in [0.15, 0.2) is 0 Å². The van der Waals surface area contributed by atoms with Gasteiger partial charge in [-0.1, -0.05) is 30.3 Å². The summed E-state index contributed by atoms with van der Waals surface area (Å²) in [5.74, 6) is 1.25. The van der Waals surface area contributed by atoms with Gasteiger partial charge >= 0.3 is 0 Å². The minimum Gasteiger partial charge on any atom is -0.341 e. The van der Waals surface area contributed by atoms with Gasteiger partial charge in [-0.15, -0.1) is 0 Å². The first kappa shape index (κ1) is 16.9. The molecular formula is C22H22N6. The van der Waals surface area contributed by atoms with Crippen molar-refractivity contribution >= 4 is 17.0 Å². The third kappa shape index (κ3) is 3.01. The molecule has 4 aromatic rings. The van der Waals surface area contributed by atoms with Gasteiger partial charge in [-0.05, 0) is 25.0 Å². The maximum absolute atomic E-state index is 5.08. The third-order valence-electron chi connectivity index (χ3n) is 5.53. The predicted octanol–water partition coefficient (Wildman–Crippen LogP) is 3.81. The lowest BCUT2D eigenvalue weighted by atomic mass is 9.92. The molecule has 28 heavy (non-hydrogen) atoms. The van der Waals surface area contributed by atoms with Gasteiger partial charge < -0.3 is 9.47 Å². The quantitative estimate of drug-likeness (QED) is 0.549. The highest BCUT2D eigenvalue weighted by Crippen LogP contribution is 2.33. The highest BCUT2D eigenvalue weighted by atomic mass is 15.2. The number of anilines is 1. The zero-order chi connectivity index (χ0) is 18.9. The summed E-state index contributed by atoms with van der Waals surface area (Å²) in [6.07, 6.45) is 7.57. The normalized spacial score (nSPS) is 15.2. The van der Waals surface area contributed by atoms with Crippen LogP contribution in [0.5, 0.6) is 0 Å². The molecule has 1 fully saturated rings. The fourth-order valence-corrected chi connectivity index (χ4v) is 3.98. The molecule has 1 aliphatic heterocycles. The molecule has 0 amide bonds. The number of nitrogens with zero attached hydrogens (tertiary/aromatic N) is 6. The van der Waals surface area contributed by atoms with Gasteiger partial charge in [-0.25, -0.2) is 15.0 Å². The first-order valence-electron chi connectivity index (χ1n) is 9.69. The number of hydrogen-bond acceptors (Lipinski definition) is 5. The monoisotopic (exact) mass is 370 g/mol.